The minimum atomic E-state index is -0.924. The minimum absolute atomic E-state index is 0. The van der Waals surface area contributed by atoms with Gasteiger partial charge in [-0.2, -0.15) is 5.26 Å². The summed E-state index contributed by atoms with van der Waals surface area (Å²) in [5, 5.41) is 44.2. The topological polar surface area (TPSA) is 479 Å². The van der Waals surface area contributed by atoms with Gasteiger partial charge in [0.05, 0.1) is 75.7 Å². The van der Waals surface area contributed by atoms with E-state index in [9.17, 15) is 86.7 Å². The molecule has 4 heterocycles. The second kappa shape index (κ2) is 62.4. The smallest absolute Gasteiger partial charge is 1.00 e. The van der Waals surface area contributed by atoms with E-state index in [1.165, 1.54) is 60.8 Å². The van der Waals surface area contributed by atoms with Crippen LogP contribution in [-0.4, -0.2) is 256 Å². The molecule has 1 unspecified atom stereocenters. The van der Waals surface area contributed by atoms with Gasteiger partial charge in [-0.25, -0.2) is 72.6 Å². The molecule has 4 saturated heterocycles. The molecule has 0 aromatic heterocycles. The number of nitro groups is 3. The molecule has 48 heteroatoms. The van der Waals surface area contributed by atoms with E-state index < -0.39 is 120 Å². The fourth-order valence-electron chi connectivity index (χ4n) is 12.9. The number of anilines is 3. The second-order valence-corrected chi connectivity index (χ2v) is 37.5. The van der Waals surface area contributed by atoms with Crippen LogP contribution in [0.25, 0.3) is 0 Å². The molecule has 42 nitrogen and oxygen atoms in total. The standard InChI is InChI=1S/C26H32N2O6.C21H23F2N5O6.C16H16N2O4.C15H21FN4O4.C9H17Cl2NO2.C9H19N3O2.C2H3N.Na.H/c1-26(2,3)34-24(30)27-15-14-22(23(29)32-18-20-10-6-4-7-11-20)28(17-16-27)25(31)33-19-21-12-8-5-9-13-21;1-21(2,3)34-20(29)24-8-10-25(18-6-4-14(27(30)31)12-16(18)22)26(11-9-24)19-7-5-15(28(32)33)13-17(19)23;19-15(21-11-13-7-3-1-4-8-13)17-18-16(20)22-12-14-9-5-2-6-10-14;1-15(2,3)24-14(21)18-7-6-17-19(9-8-18)13-5-4-11(20(22)23)10-12(13)16;1-9(2,3)14-8(13)12(6-4-10)7-5-11;1-9(2,3)14-8(13)12-6-4-10-11-5-7-12;1-2-3;;/h4-13,22H,14-19H2,1-3H3;4-7,12-13H,8-11H2,1-3H3;1-10H,11-12H2,(H,17,19)(H,18,20);4-5,10,17H,6-9H2,1-3H3;4-7H2,1-3H3;10-11H,4-7H2,1-3H3;1H3;;/q;;;;;;;+1;-1. The first-order valence-electron chi connectivity index (χ1n) is 46.1. The summed E-state index contributed by atoms with van der Waals surface area (Å²) in [5.74, 6) is -2.31. The van der Waals surface area contributed by atoms with E-state index in [1.54, 1.807) is 83.2 Å². The maximum Gasteiger partial charge on any atom is 1.00 e. The number of hydrogen-bond donors (Lipinski definition) is 5. The number of amides is 8. The van der Waals surface area contributed by atoms with Crippen LogP contribution in [0.15, 0.2) is 176 Å². The van der Waals surface area contributed by atoms with E-state index in [1.807, 2.05) is 163 Å². The van der Waals surface area contributed by atoms with Crippen LogP contribution in [0.4, 0.5) is 85.7 Å². The van der Waals surface area contributed by atoms with Crippen molar-refractivity contribution in [3.63, 3.8) is 0 Å². The third-order valence-corrected chi connectivity index (χ3v) is 19.7. The van der Waals surface area contributed by atoms with Crippen LogP contribution in [0.3, 0.4) is 0 Å². The van der Waals surface area contributed by atoms with E-state index in [0.717, 1.165) is 65.7 Å². The van der Waals surface area contributed by atoms with Gasteiger partial charge in [-0.15, -0.1) is 23.2 Å². The molecule has 0 aliphatic carbocycles. The molecular weight excluding hydrogens is 1960 g/mol. The monoisotopic (exact) mass is 2090 g/mol. The van der Waals surface area contributed by atoms with Crippen molar-refractivity contribution < 1.29 is 145 Å². The van der Waals surface area contributed by atoms with Crippen molar-refractivity contribution in [3.05, 3.63) is 246 Å². The average molecular weight is 2100 g/mol. The Bertz CT molecular complexity index is 5140. The van der Waals surface area contributed by atoms with Crippen molar-refractivity contribution in [3.8, 4) is 6.07 Å². The van der Waals surface area contributed by atoms with E-state index in [0.29, 0.717) is 64.1 Å². The normalized spacial score (nSPS) is 14.2. The summed E-state index contributed by atoms with van der Waals surface area (Å²) in [7, 11) is 0. The first-order chi connectivity index (χ1) is 68.3. The number of ether oxygens (including phenoxy) is 9. The van der Waals surface area contributed by atoms with Gasteiger partial charge in [-0.3, -0.25) is 56.1 Å². The summed E-state index contributed by atoms with van der Waals surface area (Å²) in [4.78, 5) is 149. The number of halogens is 5. The summed E-state index contributed by atoms with van der Waals surface area (Å²) in [6.07, 6.45) is -4.05. The number of nitriles is 1. The van der Waals surface area contributed by atoms with Gasteiger partial charge in [0.25, 0.3) is 17.1 Å². The summed E-state index contributed by atoms with van der Waals surface area (Å²) < 4.78 is 91.4. The van der Waals surface area contributed by atoms with Crippen molar-refractivity contribution in [2.24, 2.45) is 0 Å². The quantitative estimate of drug-likeness (QED) is 0.0125. The van der Waals surface area contributed by atoms with E-state index >= 15 is 0 Å². The number of hydrazine groups is 4. The molecule has 8 amide bonds. The molecule has 4 aliphatic heterocycles. The van der Waals surface area contributed by atoms with Crippen LogP contribution in [0.1, 0.15) is 141 Å². The van der Waals surface area contributed by atoms with Crippen LogP contribution < -0.4 is 71.7 Å². The number of nitro benzene ring substituents is 3. The van der Waals surface area contributed by atoms with Crippen LogP contribution >= 0.6 is 23.2 Å². The Hall–Kier alpha value is -13.5. The number of carbonyl (C=O) groups excluding carboxylic acids is 9. The van der Waals surface area contributed by atoms with Crippen LogP contribution in [0.2, 0.25) is 0 Å². The van der Waals surface area contributed by atoms with Gasteiger partial charge in [0.1, 0.15) is 60.5 Å². The fraction of sp³-hybridized carbons (Fsp3) is 0.469. The number of hydrogen-bond acceptors (Lipinski definition) is 31. The Labute approximate surface area is 881 Å². The number of non-ortho nitro benzene ring substituents is 3. The molecule has 4 aliphatic rings. The third kappa shape index (κ3) is 48.0. The van der Waals surface area contributed by atoms with Crippen LogP contribution in [0.5, 0.6) is 0 Å². The molecule has 7 aromatic rings. The van der Waals surface area contributed by atoms with E-state index in [4.69, 9.17) is 71.1 Å². The van der Waals surface area contributed by atoms with Crippen molar-refractivity contribution in [2.45, 2.75) is 178 Å². The Morgan fingerprint density at radius 1 is 0.418 bits per heavy atom. The molecule has 7 aromatic carbocycles. The summed E-state index contributed by atoms with van der Waals surface area (Å²) in [5.41, 5.74) is 12.5. The van der Waals surface area contributed by atoms with E-state index in [2.05, 4.69) is 27.1 Å². The molecule has 0 radical (unpaired) electrons. The SMILES string of the molecule is CC#N.CC(C)(C)OC(=O)N(CCCl)CCCl.CC(C)(C)OC(=O)N1CCC(C(=O)OCc2ccccc2)N(C(=O)OCc2ccccc2)CC1.CC(C)(C)OC(=O)N1CCN(c2ccc([N+](=O)[O-])cc2F)N(c2ccc([N+](=O)[O-])cc2F)CC1.CC(C)(C)OC(=O)N1CCNN(c2ccc([N+](=O)[O-])cc2F)CC1.CC(C)(C)OC(=O)N1CCNNCC1.O=C(NNC(=O)OCc1ccccc1)OCc1ccccc1.[H-].[Na+]. The summed E-state index contributed by atoms with van der Waals surface area (Å²) >= 11 is 11.1. The molecule has 0 bridgehead atoms. The van der Waals surface area contributed by atoms with Gasteiger partial charge < -0.3 is 73.6 Å². The van der Waals surface area contributed by atoms with Gasteiger partial charge in [0, 0.05) is 129 Å². The number of alkyl halides is 2. The van der Waals surface area contributed by atoms with Crippen molar-refractivity contribution in [1.82, 2.24) is 56.5 Å². The average Bonchev–Trinajstić information content (AvgIpc) is 1.73. The first-order valence-corrected chi connectivity index (χ1v) is 47.2. The zero-order valence-corrected chi connectivity index (χ0v) is 88.8. The maximum atomic E-state index is 14.9. The molecule has 11 rings (SSSR count). The Morgan fingerprint density at radius 2 is 0.719 bits per heavy atom. The van der Waals surface area contributed by atoms with Gasteiger partial charge in [-0.05, 0) is 151 Å². The number of benzene rings is 7. The van der Waals surface area contributed by atoms with Gasteiger partial charge >= 0.3 is 84.3 Å². The van der Waals surface area contributed by atoms with Gasteiger partial charge in [0.2, 0.25) is 0 Å². The Balaban J connectivity index is 0.000000462. The zero-order chi connectivity index (χ0) is 108. The van der Waals surface area contributed by atoms with Crippen molar-refractivity contribution in [2.75, 3.05) is 138 Å². The number of nitrogens with one attached hydrogen (secondary N) is 5. The van der Waals surface area contributed by atoms with Gasteiger partial charge in [-0.1, -0.05) is 121 Å². The molecule has 0 saturated carbocycles. The molecule has 1 atom stereocenters. The number of carbonyl (C=O) groups is 9. The Morgan fingerprint density at radius 3 is 1.05 bits per heavy atom. The minimum Gasteiger partial charge on any atom is -1.00 e. The number of rotatable bonds is 19. The van der Waals surface area contributed by atoms with Crippen LogP contribution in [0, 0.1) is 59.1 Å². The van der Waals surface area contributed by atoms with E-state index in [-0.39, 0.29) is 145 Å². The number of nitrogens with zero attached hydrogens (tertiary/aromatic N) is 13. The molecule has 794 valence electrons. The zero-order valence-electron chi connectivity index (χ0n) is 86.3. The molecule has 146 heavy (non-hydrogen) atoms. The second-order valence-electron chi connectivity index (χ2n) is 36.8. The third-order valence-electron chi connectivity index (χ3n) is 19.4. The largest absolute Gasteiger partial charge is 1.00 e. The predicted octanol–water partition coefficient (Wildman–Crippen LogP) is 14.4. The van der Waals surface area contributed by atoms with Gasteiger partial charge in [0.15, 0.2) is 17.5 Å². The molecule has 4 fully saturated rings. The fourth-order valence-corrected chi connectivity index (χ4v) is 13.3. The Kier molecular flexibility index (Phi) is 53.3. The maximum absolute atomic E-state index is 14.9. The molecule has 5 N–H and O–H groups in total. The first kappa shape index (κ1) is 125. The molecular formula is C98H132Cl2F3N18NaO24. The summed E-state index contributed by atoms with van der Waals surface area (Å²) in [6.45, 7) is 34.8. The summed E-state index contributed by atoms with van der Waals surface area (Å²) in [6, 6.07) is 47.5. The van der Waals surface area contributed by atoms with Crippen molar-refractivity contribution in [1.29, 1.82) is 5.26 Å². The van der Waals surface area contributed by atoms with Crippen LogP contribution in [-0.2, 0) is 73.9 Å². The molecule has 0 spiro atoms. The predicted molar refractivity (Wildman–Crippen MR) is 536 cm³/mol. The number of esters is 1. The van der Waals surface area contributed by atoms with Crippen molar-refractivity contribution >= 4 is 112 Å².